The second-order valence-corrected chi connectivity index (χ2v) is 18.7. The largest absolute Gasteiger partial charge is 0.310 e. The Morgan fingerprint density at radius 1 is 0.362 bits per heavy atom. The van der Waals surface area contributed by atoms with Gasteiger partial charge in [0.25, 0.3) is 0 Å². The SMILES string of the molecule is CC(C)(C)c1ccc(N(c2ccc3ccccc3c2)c2cc(C(C)(C)C)cc(N(c3ccc(C(C)(C)C)cc3)c3ccc4cccnc4c3)c2-c2ccccc2)cc1. The van der Waals surface area contributed by atoms with Crippen LogP contribution in [0.3, 0.4) is 0 Å². The molecule has 1 heterocycles. The lowest BCUT2D eigenvalue weighted by Crippen LogP contribution is -2.20. The summed E-state index contributed by atoms with van der Waals surface area (Å²) in [5.74, 6) is 0. The molecule has 3 heteroatoms. The molecular weight excluding hydrogens is 703 g/mol. The van der Waals surface area contributed by atoms with Gasteiger partial charge in [-0.25, -0.2) is 0 Å². The third-order valence-electron chi connectivity index (χ3n) is 11.3. The molecule has 0 unspecified atom stereocenters. The third kappa shape index (κ3) is 7.74. The lowest BCUT2D eigenvalue weighted by Gasteiger charge is -2.36. The van der Waals surface area contributed by atoms with Crippen molar-refractivity contribution in [3.8, 4) is 11.1 Å². The lowest BCUT2D eigenvalue weighted by atomic mass is 9.83. The van der Waals surface area contributed by atoms with Crippen molar-refractivity contribution in [2.75, 3.05) is 9.80 Å². The Kier molecular flexibility index (Phi) is 9.97. The Hall–Kier alpha value is -6.19. The summed E-state index contributed by atoms with van der Waals surface area (Å²) in [6.07, 6.45) is 1.88. The van der Waals surface area contributed by atoms with Crippen LogP contribution < -0.4 is 9.80 Å². The monoisotopic (exact) mass is 757 g/mol. The van der Waals surface area contributed by atoms with Gasteiger partial charge in [-0.3, -0.25) is 4.98 Å². The number of hydrogen-bond acceptors (Lipinski definition) is 3. The molecule has 8 aromatic rings. The van der Waals surface area contributed by atoms with Crippen molar-refractivity contribution in [1.29, 1.82) is 0 Å². The van der Waals surface area contributed by atoms with Gasteiger partial charge in [-0.15, -0.1) is 0 Å². The predicted molar refractivity (Wildman–Crippen MR) is 250 cm³/mol. The molecule has 0 saturated heterocycles. The Morgan fingerprint density at radius 2 is 0.810 bits per heavy atom. The summed E-state index contributed by atoms with van der Waals surface area (Å²) in [5, 5.41) is 3.54. The molecule has 0 aliphatic carbocycles. The molecule has 0 fully saturated rings. The second kappa shape index (κ2) is 15.0. The van der Waals surface area contributed by atoms with Crippen molar-refractivity contribution in [2.24, 2.45) is 0 Å². The lowest BCUT2D eigenvalue weighted by molar-refractivity contribution is 0.589. The molecule has 0 saturated carbocycles. The molecule has 290 valence electrons. The van der Waals surface area contributed by atoms with E-state index in [1.54, 1.807) is 0 Å². The van der Waals surface area contributed by atoms with Crippen LogP contribution in [0.15, 0.2) is 170 Å². The van der Waals surface area contributed by atoms with Crippen molar-refractivity contribution >= 4 is 55.8 Å². The Bertz CT molecular complexity index is 2550. The average molecular weight is 758 g/mol. The molecule has 0 amide bonds. The first-order valence-corrected chi connectivity index (χ1v) is 20.5. The minimum absolute atomic E-state index is 0.0215. The van der Waals surface area contributed by atoms with E-state index in [1.807, 2.05) is 12.3 Å². The first-order valence-electron chi connectivity index (χ1n) is 20.5. The number of hydrogen-bond donors (Lipinski definition) is 0. The summed E-state index contributed by atoms with van der Waals surface area (Å²) in [6.45, 7) is 20.6. The number of fused-ring (bicyclic) bond motifs is 2. The number of rotatable bonds is 7. The predicted octanol–water partition coefficient (Wildman–Crippen LogP) is 15.9. The van der Waals surface area contributed by atoms with Crippen molar-refractivity contribution in [3.05, 3.63) is 187 Å². The van der Waals surface area contributed by atoms with E-state index in [2.05, 4.69) is 230 Å². The molecule has 1 aromatic heterocycles. The van der Waals surface area contributed by atoms with Crippen LogP contribution in [0, 0.1) is 0 Å². The van der Waals surface area contributed by atoms with Crippen molar-refractivity contribution in [2.45, 2.75) is 78.6 Å². The van der Waals surface area contributed by atoms with Crippen LogP contribution in [-0.2, 0) is 16.2 Å². The van der Waals surface area contributed by atoms with Crippen LogP contribution in [0.2, 0.25) is 0 Å². The van der Waals surface area contributed by atoms with Crippen LogP contribution in [0.25, 0.3) is 32.8 Å². The number of aromatic nitrogens is 1. The van der Waals surface area contributed by atoms with Crippen LogP contribution >= 0.6 is 0 Å². The molecule has 0 bridgehead atoms. The van der Waals surface area contributed by atoms with Crippen LogP contribution in [0.4, 0.5) is 34.1 Å². The van der Waals surface area contributed by atoms with Crippen molar-refractivity contribution < 1.29 is 0 Å². The number of benzene rings is 7. The zero-order valence-corrected chi connectivity index (χ0v) is 35.5. The summed E-state index contributed by atoms with van der Waals surface area (Å²) in [4.78, 5) is 9.76. The molecular formula is C55H55N3. The summed E-state index contributed by atoms with van der Waals surface area (Å²) in [7, 11) is 0. The fraction of sp³-hybridized carbons (Fsp3) is 0.218. The maximum Gasteiger partial charge on any atom is 0.0722 e. The Morgan fingerprint density at radius 3 is 1.34 bits per heavy atom. The fourth-order valence-electron chi connectivity index (χ4n) is 7.88. The molecule has 0 N–H and O–H groups in total. The van der Waals surface area contributed by atoms with E-state index in [1.165, 1.54) is 27.5 Å². The summed E-state index contributed by atoms with van der Waals surface area (Å²) in [6, 6.07) is 60.4. The highest BCUT2D eigenvalue weighted by Gasteiger charge is 2.29. The van der Waals surface area contributed by atoms with Gasteiger partial charge < -0.3 is 9.80 Å². The summed E-state index contributed by atoms with van der Waals surface area (Å²) < 4.78 is 0. The Balaban J connectivity index is 1.49. The van der Waals surface area contributed by atoms with Gasteiger partial charge in [-0.05, 0) is 116 Å². The maximum atomic E-state index is 4.83. The quantitative estimate of drug-likeness (QED) is 0.161. The van der Waals surface area contributed by atoms with E-state index < -0.39 is 0 Å². The summed E-state index contributed by atoms with van der Waals surface area (Å²) >= 11 is 0. The van der Waals surface area contributed by atoms with E-state index >= 15 is 0 Å². The number of pyridine rings is 1. The van der Waals surface area contributed by atoms with E-state index in [4.69, 9.17) is 4.98 Å². The molecule has 58 heavy (non-hydrogen) atoms. The minimum atomic E-state index is -0.170. The fourth-order valence-corrected chi connectivity index (χ4v) is 7.88. The van der Waals surface area contributed by atoms with E-state index in [9.17, 15) is 0 Å². The summed E-state index contributed by atoms with van der Waals surface area (Å²) in [5.41, 5.74) is 13.5. The van der Waals surface area contributed by atoms with Gasteiger partial charge in [0.05, 0.1) is 16.9 Å². The molecule has 0 radical (unpaired) electrons. The van der Waals surface area contributed by atoms with Gasteiger partial charge in [-0.2, -0.15) is 0 Å². The minimum Gasteiger partial charge on any atom is -0.310 e. The highest BCUT2D eigenvalue weighted by molar-refractivity contribution is 6.01. The van der Waals surface area contributed by atoms with Gasteiger partial charge >= 0.3 is 0 Å². The number of nitrogens with zero attached hydrogens (tertiary/aromatic N) is 3. The standard InChI is InChI=1S/C55H55N3/c1-53(2,3)42-23-29-45(30-24-42)57(47-27-21-38-16-13-14-19-41(38)34-47)50-35-44(55(7,8)9)36-51(52(50)40-17-11-10-12-18-40)58(46-31-25-43(26-32-46)54(4,5)6)48-28-22-39-20-15-33-56-49(39)37-48/h10-37H,1-9H3. The molecule has 0 spiro atoms. The van der Waals surface area contributed by atoms with Crippen molar-refractivity contribution in [3.63, 3.8) is 0 Å². The molecule has 0 aliphatic heterocycles. The number of anilines is 6. The average Bonchev–Trinajstić information content (AvgIpc) is 3.20. The molecule has 0 aliphatic rings. The van der Waals surface area contributed by atoms with E-state index in [0.717, 1.165) is 56.2 Å². The Labute approximate surface area is 345 Å². The third-order valence-corrected chi connectivity index (χ3v) is 11.3. The van der Waals surface area contributed by atoms with Crippen LogP contribution in [-0.4, -0.2) is 4.98 Å². The zero-order valence-electron chi connectivity index (χ0n) is 35.5. The molecule has 3 nitrogen and oxygen atoms in total. The van der Waals surface area contributed by atoms with E-state index in [0.29, 0.717) is 0 Å². The zero-order chi connectivity index (χ0) is 40.8. The van der Waals surface area contributed by atoms with Gasteiger partial charge in [0.2, 0.25) is 0 Å². The first kappa shape index (κ1) is 38.7. The molecule has 8 rings (SSSR count). The maximum absolute atomic E-state index is 4.83. The highest BCUT2D eigenvalue weighted by Crippen LogP contribution is 2.51. The molecule has 7 aromatic carbocycles. The highest BCUT2D eigenvalue weighted by atomic mass is 15.2. The van der Waals surface area contributed by atoms with E-state index in [-0.39, 0.29) is 16.2 Å². The topological polar surface area (TPSA) is 19.4 Å². The van der Waals surface area contributed by atoms with Gasteiger partial charge in [0.15, 0.2) is 0 Å². The normalized spacial score (nSPS) is 12.2. The van der Waals surface area contributed by atoms with Gasteiger partial charge in [0.1, 0.15) is 0 Å². The van der Waals surface area contributed by atoms with Crippen LogP contribution in [0.5, 0.6) is 0 Å². The van der Waals surface area contributed by atoms with Gasteiger partial charge in [0, 0.05) is 39.9 Å². The van der Waals surface area contributed by atoms with Crippen molar-refractivity contribution in [1.82, 2.24) is 4.98 Å². The molecule has 0 atom stereocenters. The van der Waals surface area contributed by atoms with Crippen LogP contribution in [0.1, 0.15) is 79.0 Å². The van der Waals surface area contributed by atoms with Gasteiger partial charge in [-0.1, -0.05) is 159 Å². The second-order valence-electron chi connectivity index (χ2n) is 18.7. The smallest absolute Gasteiger partial charge is 0.0722 e. The first-order chi connectivity index (χ1) is 27.6.